The van der Waals surface area contributed by atoms with Crippen molar-refractivity contribution in [1.82, 2.24) is 9.97 Å². The number of hydrogen-bond acceptors (Lipinski definition) is 6. The van der Waals surface area contributed by atoms with Gasteiger partial charge >= 0.3 is 5.69 Å². The van der Waals surface area contributed by atoms with Crippen molar-refractivity contribution in [2.24, 2.45) is 0 Å². The first-order valence-corrected chi connectivity index (χ1v) is 5.97. The topological polar surface area (TPSA) is 136 Å². The molecule has 1 aromatic rings. The molecule has 1 aliphatic heterocycles. The van der Waals surface area contributed by atoms with Gasteiger partial charge in [0.05, 0.1) is 12.3 Å². The van der Waals surface area contributed by atoms with Crippen LogP contribution < -0.4 is 11.2 Å². The Balaban J connectivity index is 2.48. The molecule has 1 aromatic heterocycles. The molecular weight excluding hydrogens is 256 g/mol. The first-order valence-electron chi connectivity index (χ1n) is 5.97. The highest BCUT2D eigenvalue weighted by molar-refractivity contribution is 5.21. The van der Waals surface area contributed by atoms with Gasteiger partial charge in [0.25, 0.3) is 5.56 Å². The van der Waals surface area contributed by atoms with Crippen LogP contribution in [0.2, 0.25) is 0 Å². The van der Waals surface area contributed by atoms with Crippen LogP contribution in [0.25, 0.3) is 0 Å². The molecule has 0 amide bonds. The molecule has 2 rings (SSSR count). The zero-order valence-electron chi connectivity index (χ0n) is 10.3. The lowest BCUT2D eigenvalue weighted by atomic mass is 10.0. The van der Waals surface area contributed by atoms with Crippen LogP contribution in [0.3, 0.4) is 0 Å². The monoisotopic (exact) mass is 272 g/mol. The summed E-state index contributed by atoms with van der Waals surface area (Å²) >= 11 is 0. The third kappa shape index (κ3) is 2.35. The number of aliphatic hydroxyl groups excluding tert-OH is 3. The molecule has 0 aliphatic carbocycles. The molecule has 0 bridgehead atoms. The fraction of sp³-hybridized carbons (Fsp3) is 0.636. The molecule has 4 atom stereocenters. The molecule has 0 radical (unpaired) electrons. The van der Waals surface area contributed by atoms with E-state index in [0.29, 0.717) is 6.42 Å². The highest BCUT2D eigenvalue weighted by atomic mass is 16.6. The van der Waals surface area contributed by atoms with Crippen LogP contribution in [-0.4, -0.2) is 50.2 Å². The molecule has 1 saturated heterocycles. The van der Waals surface area contributed by atoms with Crippen LogP contribution in [0.1, 0.15) is 24.3 Å². The summed E-state index contributed by atoms with van der Waals surface area (Å²) < 4.78 is 5.30. The Bertz CT molecular complexity index is 565. The fourth-order valence-electron chi connectivity index (χ4n) is 2.26. The molecule has 0 spiro atoms. The van der Waals surface area contributed by atoms with Gasteiger partial charge in [-0.25, -0.2) is 4.79 Å². The van der Waals surface area contributed by atoms with E-state index in [1.54, 1.807) is 6.92 Å². The lowest BCUT2D eigenvalue weighted by molar-refractivity contribution is -0.0243. The summed E-state index contributed by atoms with van der Waals surface area (Å²) in [5.41, 5.74) is -0.859. The van der Waals surface area contributed by atoms with Crippen LogP contribution >= 0.6 is 0 Å². The molecule has 106 valence electrons. The Morgan fingerprint density at radius 3 is 2.42 bits per heavy atom. The van der Waals surface area contributed by atoms with Crippen molar-refractivity contribution in [3.63, 3.8) is 0 Å². The normalized spacial score (nSPS) is 30.7. The van der Waals surface area contributed by atoms with E-state index in [9.17, 15) is 19.8 Å². The Hall–Kier alpha value is -1.48. The van der Waals surface area contributed by atoms with Crippen LogP contribution in [0, 0.1) is 0 Å². The van der Waals surface area contributed by atoms with E-state index in [0.717, 1.165) is 0 Å². The van der Waals surface area contributed by atoms with Gasteiger partial charge in [-0.05, 0) is 6.42 Å². The molecule has 0 aromatic carbocycles. The lowest BCUT2D eigenvalue weighted by Crippen LogP contribution is -2.34. The second kappa shape index (κ2) is 5.25. The zero-order valence-corrected chi connectivity index (χ0v) is 10.3. The fourth-order valence-corrected chi connectivity index (χ4v) is 2.26. The van der Waals surface area contributed by atoms with Crippen LogP contribution in [0.5, 0.6) is 0 Å². The van der Waals surface area contributed by atoms with Gasteiger partial charge in [-0.3, -0.25) is 9.78 Å². The minimum absolute atomic E-state index is 0.138. The van der Waals surface area contributed by atoms with Gasteiger partial charge in [-0.1, -0.05) is 6.92 Å². The molecular formula is C11H16N2O6. The van der Waals surface area contributed by atoms with E-state index in [2.05, 4.69) is 9.97 Å². The highest BCUT2D eigenvalue weighted by Gasteiger charge is 2.44. The molecule has 8 nitrogen and oxygen atoms in total. The molecule has 0 unspecified atom stereocenters. The number of aromatic amines is 2. The van der Waals surface area contributed by atoms with Gasteiger partial charge in [0.15, 0.2) is 0 Å². The number of aromatic nitrogens is 2. The number of aliphatic hydroxyl groups is 3. The first kappa shape index (κ1) is 13.9. The number of ether oxygens (including phenoxy) is 1. The largest absolute Gasteiger partial charge is 0.394 e. The standard InChI is InChI=1S/C11H16N2O6/c1-2-4-6(12-11(18)13-10(4)17)9-8(16)7(15)5(3-14)19-9/h5,7-9,14-16H,2-3H2,1H3,(H2,12,13,17,18)/t5-,7-,8+,9+/m1/s1. The Kier molecular flexibility index (Phi) is 3.85. The third-order valence-electron chi connectivity index (χ3n) is 3.25. The van der Waals surface area contributed by atoms with Crippen molar-refractivity contribution in [3.05, 3.63) is 32.1 Å². The Morgan fingerprint density at radius 2 is 1.89 bits per heavy atom. The van der Waals surface area contributed by atoms with Crippen molar-refractivity contribution >= 4 is 0 Å². The molecule has 5 N–H and O–H groups in total. The SMILES string of the molecule is CCc1c([C@@H]2O[C@H](CO)[C@@H](O)[C@@H]2O)[nH]c(=O)[nH]c1=O. The quantitative estimate of drug-likeness (QED) is 0.423. The molecule has 1 fully saturated rings. The van der Waals surface area contributed by atoms with E-state index in [1.165, 1.54) is 0 Å². The molecule has 19 heavy (non-hydrogen) atoms. The van der Waals surface area contributed by atoms with E-state index in [-0.39, 0.29) is 11.3 Å². The van der Waals surface area contributed by atoms with Crippen molar-refractivity contribution in [1.29, 1.82) is 0 Å². The maximum atomic E-state index is 11.7. The van der Waals surface area contributed by atoms with E-state index < -0.39 is 42.3 Å². The predicted octanol–water partition coefficient (Wildman–Crippen LogP) is -2.22. The predicted molar refractivity (Wildman–Crippen MR) is 63.8 cm³/mol. The lowest BCUT2D eigenvalue weighted by Gasteiger charge is -2.16. The van der Waals surface area contributed by atoms with E-state index in [1.807, 2.05) is 0 Å². The third-order valence-corrected chi connectivity index (χ3v) is 3.25. The summed E-state index contributed by atoms with van der Waals surface area (Å²) in [6, 6.07) is 0. The maximum Gasteiger partial charge on any atom is 0.325 e. The number of hydrogen-bond donors (Lipinski definition) is 5. The second-order valence-corrected chi connectivity index (χ2v) is 4.41. The maximum absolute atomic E-state index is 11.7. The average Bonchev–Trinajstić information content (AvgIpc) is 2.65. The summed E-state index contributed by atoms with van der Waals surface area (Å²) in [6.07, 6.45) is -4.26. The van der Waals surface area contributed by atoms with Gasteiger partial charge in [-0.15, -0.1) is 0 Å². The van der Waals surface area contributed by atoms with Crippen LogP contribution in [-0.2, 0) is 11.2 Å². The van der Waals surface area contributed by atoms with Crippen LogP contribution in [0.4, 0.5) is 0 Å². The molecule has 2 heterocycles. The Morgan fingerprint density at radius 1 is 1.21 bits per heavy atom. The number of rotatable bonds is 3. The van der Waals surface area contributed by atoms with Gasteiger partial charge in [0, 0.05) is 5.56 Å². The zero-order chi connectivity index (χ0) is 14.2. The smallest absolute Gasteiger partial charge is 0.325 e. The molecule has 8 heteroatoms. The van der Waals surface area contributed by atoms with Gasteiger partial charge in [0.2, 0.25) is 0 Å². The number of H-pyrrole nitrogens is 2. The minimum atomic E-state index is -1.32. The summed E-state index contributed by atoms with van der Waals surface area (Å²) in [5.74, 6) is 0. The van der Waals surface area contributed by atoms with Crippen LogP contribution in [0.15, 0.2) is 9.59 Å². The van der Waals surface area contributed by atoms with E-state index >= 15 is 0 Å². The van der Waals surface area contributed by atoms with Gasteiger partial charge in [-0.2, -0.15) is 0 Å². The summed E-state index contributed by atoms with van der Waals surface area (Å²) in [5, 5.41) is 28.6. The van der Waals surface area contributed by atoms with Crippen molar-refractivity contribution in [2.45, 2.75) is 37.8 Å². The first-order chi connectivity index (χ1) is 8.99. The minimum Gasteiger partial charge on any atom is -0.394 e. The average molecular weight is 272 g/mol. The van der Waals surface area contributed by atoms with Crippen molar-refractivity contribution in [2.75, 3.05) is 6.61 Å². The van der Waals surface area contributed by atoms with Gasteiger partial charge < -0.3 is 25.0 Å². The molecule has 0 saturated carbocycles. The van der Waals surface area contributed by atoms with Crippen molar-refractivity contribution in [3.8, 4) is 0 Å². The van der Waals surface area contributed by atoms with Gasteiger partial charge in [0.1, 0.15) is 24.4 Å². The van der Waals surface area contributed by atoms with E-state index in [4.69, 9.17) is 9.84 Å². The summed E-state index contributed by atoms with van der Waals surface area (Å²) in [6.45, 7) is 1.25. The summed E-state index contributed by atoms with van der Waals surface area (Å²) in [7, 11) is 0. The van der Waals surface area contributed by atoms with Crippen molar-refractivity contribution < 1.29 is 20.1 Å². The summed E-state index contributed by atoms with van der Waals surface area (Å²) in [4.78, 5) is 27.5. The number of nitrogens with one attached hydrogen (secondary N) is 2. The molecule has 1 aliphatic rings. The Labute approximate surface area is 107 Å². The highest BCUT2D eigenvalue weighted by Crippen LogP contribution is 2.32. The second-order valence-electron chi connectivity index (χ2n) is 4.41.